The minimum absolute atomic E-state index is 0.0548. The van der Waals surface area contributed by atoms with Crippen LogP contribution in [-0.2, 0) is 14.8 Å². The van der Waals surface area contributed by atoms with Gasteiger partial charge in [0.05, 0.1) is 5.25 Å². The highest BCUT2D eigenvalue weighted by molar-refractivity contribution is 7.90. The lowest BCUT2D eigenvalue weighted by molar-refractivity contribution is 0.0506. The third-order valence-corrected chi connectivity index (χ3v) is 8.17. The van der Waals surface area contributed by atoms with E-state index in [9.17, 15) is 8.42 Å². The molecule has 4 fully saturated rings. The molecule has 3 heterocycles. The van der Waals surface area contributed by atoms with E-state index in [-0.39, 0.29) is 11.3 Å². The molecule has 0 bridgehead atoms. The summed E-state index contributed by atoms with van der Waals surface area (Å²) in [5.41, 5.74) is 0. The first-order valence-electron chi connectivity index (χ1n) is 8.49. The highest BCUT2D eigenvalue weighted by Crippen LogP contribution is 2.39. The Labute approximate surface area is 127 Å². The predicted octanol–water partition coefficient (Wildman–Crippen LogP) is 1.05. The van der Waals surface area contributed by atoms with E-state index in [0.717, 1.165) is 77.3 Å². The van der Waals surface area contributed by atoms with Crippen molar-refractivity contribution in [3.8, 4) is 0 Å². The van der Waals surface area contributed by atoms with Gasteiger partial charge in [-0.25, -0.2) is 8.42 Å². The van der Waals surface area contributed by atoms with Crippen molar-refractivity contribution < 1.29 is 13.2 Å². The van der Waals surface area contributed by atoms with Crippen LogP contribution in [0.4, 0.5) is 0 Å². The number of hydrogen-bond acceptors (Lipinski definition) is 4. The Balaban J connectivity index is 1.41. The summed E-state index contributed by atoms with van der Waals surface area (Å²) in [6, 6.07) is 0.733. The molecule has 3 aliphatic heterocycles. The SMILES string of the molecule is O=S(=O)(C1CC1)N1CC[C@@H]2[C@@H]1CCN2CC1CCOCC1. The molecule has 0 N–H and O–H groups in total. The monoisotopic (exact) mass is 314 g/mol. The van der Waals surface area contributed by atoms with Crippen molar-refractivity contribution in [2.75, 3.05) is 32.8 Å². The van der Waals surface area contributed by atoms with E-state index in [0.29, 0.717) is 6.04 Å². The first kappa shape index (κ1) is 14.4. The topological polar surface area (TPSA) is 49.9 Å². The zero-order chi connectivity index (χ0) is 14.4. The third kappa shape index (κ3) is 2.64. The Kier molecular flexibility index (Phi) is 3.76. The average Bonchev–Trinajstić information content (AvgIpc) is 3.15. The van der Waals surface area contributed by atoms with Gasteiger partial charge in [-0.3, -0.25) is 4.90 Å². The van der Waals surface area contributed by atoms with E-state index >= 15 is 0 Å². The Morgan fingerprint density at radius 3 is 2.33 bits per heavy atom. The molecule has 0 spiro atoms. The van der Waals surface area contributed by atoms with E-state index in [4.69, 9.17) is 4.74 Å². The van der Waals surface area contributed by atoms with Gasteiger partial charge in [-0.15, -0.1) is 0 Å². The Bertz CT molecular complexity index is 485. The Morgan fingerprint density at radius 2 is 1.62 bits per heavy atom. The molecule has 5 nitrogen and oxygen atoms in total. The van der Waals surface area contributed by atoms with E-state index < -0.39 is 10.0 Å². The van der Waals surface area contributed by atoms with Crippen LogP contribution in [0.1, 0.15) is 38.5 Å². The number of ether oxygens (including phenoxy) is 1. The number of rotatable bonds is 4. The average molecular weight is 314 g/mol. The number of fused-ring (bicyclic) bond motifs is 1. The van der Waals surface area contributed by atoms with Gasteiger partial charge in [-0.05, 0) is 44.4 Å². The Morgan fingerprint density at radius 1 is 0.905 bits per heavy atom. The molecule has 4 rings (SSSR count). The summed E-state index contributed by atoms with van der Waals surface area (Å²) in [6.07, 6.45) is 6.14. The minimum atomic E-state index is -2.99. The van der Waals surface area contributed by atoms with Gasteiger partial charge in [-0.2, -0.15) is 4.31 Å². The van der Waals surface area contributed by atoms with Gasteiger partial charge >= 0.3 is 0 Å². The molecule has 1 aliphatic carbocycles. The van der Waals surface area contributed by atoms with E-state index in [1.807, 2.05) is 4.31 Å². The fourth-order valence-corrected chi connectivity index (χ4v) is 6.49. The number of hydrogen-bond donors (Lipinski definition) is 0. The van der Waals surface area contributed by atoms with Crippen LogP contribution in [0.5, 0.6) is 0 Å². The highest BCUT2D eigenvalue weighted by atomic mass is 32.2. The second kappa shape index (κ2) is 5.48. The summed E-state index contributed by atoms with van der Waals surface area (Å²) in [7, 11) is -2.99. The quantitative estimate of drug-likeness (QED) is 0.778. The standard InChI is InChI=1S/C15H26N2O3S/c18-21(19,13-1-2-13)17-8-4-14-15(17)3-7-16(14)11-12-5-9-20-10-6-12/h12-15H,1-11H2/t14-,15+/m1/s1. The lowest BCUT2D eigenvalue weighted by atomic mass is 9.99. The van der Waals surface area contributed by atoms with Crippen LogP contribution in [0.25, 0.3) is 0 Å². The summed E-state index contributed by atoms with van der Waals surface area (Å²) in [4.78, 5) is 2.57. The van der Waals surface area contributed by atoms with Gasteiger partial charge in [0.25, 0.3) is 0 Å². The van der Waals surface area contributed by atoms with Crippen LogP contribution in [0.15, 0.2) is 0 Å². The molecule has 0 radical (unpaired) electrons. The molecular formula is C15H26N2O3S. The van der Waals surface area contributed by atoms with Gasteiger partial charge in [0.2, 0.25) is 10.0 Å². The molecule has 0 aromatic carbocycles. The van der Waals surface area contributed by atoms with Crippen LogP contribution in [0.3, 0.4) is 0 Å². The second-order valence-corrected chi connectivity index (χ2v) is 9.28. The number of nitrogens with zero attached hydrogens (tertiary/aromatic N) is 2. The maximum absolute atomic E-state index is 12.5. The smallest absolute Gasteiger partial charge is 0.217 e. The van der Waals surface area contributed by atoms with Crippen LogP contribution >= 0.6 is 0 Å². The van der Waals surface area contributed by atoms with E-state index in [1.165, 1.54) is 0 Å². The lowest BCUT2D eigenvalue weighted by Gasteiger charge is -2.30. The summed E-state index contributed by atoms with van der Waals surface area (Å²) in [5, 5.41) is -0.0548. The summed E-state index contributed by atoms with van der Waals surface area (Å²) in [6.45, 7) is 4.76. The molecule has 0 aromatic heterocycles. The van der Waals surface area contributed by atoms with Crippen molar-refractivity contribution in [3.05, 3.63) is 0 Å². The molecule has 0 aromatic rings. The fraction of sp³-hybridized carbons (Fsp3) is 1.00. The zero-order valence-electron chi connectivity index (χ0n) is 12.6. The first-order chi connectivity index (χ1) is 10.2. The van der Waals surface area contributed by atoms with Gasteiger partial charge in [0, 0.05) is 44.9 Å². The zero-order valence-corrected chi connectivity index (χ0v) is 13.4. The van der Waals surface area contributed by atoms with Crippen LogP contribution in [-0.4, -0.2) is 67.8 Å². The highest BCUT2D eigenvalue weighted by Gasteiger charge is 2.51. The molecule has 4 aliphatic rings. The lowest BCUT2D eigenvalue weighted by Crippen LogP contribution is -2.42. The fourth-order valence-electron chi connectivity index (χ4n) is 4.40. The molecule has 21 heavy (non-hydrogen) atoms. The van der Waals surface area contributed by atoms with E-state index in [1.54, 1.807) is 0 Å². The van der Waals surface area contributed by atoms with E-state index in [2.05, 4.69) is 4.90 Å². The molecule has 3 saturated heterocycles. The molecule has 1 saturated carbocycles. The normalized spacial score (nSPS) is 36.2. The van der Waals surface area contributed by atoms with Gasteiger partial charge in [0.15, 0.2) is 0 Å². The van der Waals surface area contributed by atoms with Crippen molar-refractivity contribution in [2.45, 2.75) is 55.9 Å². The van der Waals surface area contributed by atoms with Gasteiger partial charge in [0.1, 0.15) is 0 Å². The van der Waals surface area contributed by atoms with Crippen molar-refractivity contribution in [1.29, 1.82) is 0 Å². The van der Waals surface area contributed by atoms with Crippen LogP contribution < -0.4 is 0 Å². The maximum Gasteiger partial charge on any atom is 0.217 e. The van der Waals surface area contributed by atoms with Crippen molar-refractivity contribution in [1.82, 2.24) is 9.21 Å². The number of likely N-dealkylation sites (tertiary alicyclic amines) is 1. The largest absolute Gasteiger partial charge is 0.381 e. The third-order valence-electron chi connectivity index (χ3n) is 5.75. The van der Waals surface area contributed by atoms with Crippen LogP contribution in [0, 0.1) is 5.92 Å². The van der Waals surface area contributed by atoms with Gasteiger partial charge < -0.3 is 4.74 Å². The summed E-state index contributed by atoms with van der Waals surface area (Å²) < 4.78 is 32.4. The first-order valence-corrected chi connectivity index (χ1v) is 9.99. The molecule has 0 unspecified atom stereocenters. The molecule has 6 heteroatoms. The molecular weight excluding hydrogens is 288 g/mol. The molecule has 120 valence electrons. The van der Waals surface area contributed by atoms with Gasteiger partial charge in [-0.1, -0.05) is 0 Å². The number of sulfonamides is 1. The second-order valence-electron chi connectivity index (χ2n) is 7.12. The van der Waals surface area contributed by atoms with Crippen molar-refractivity contribution in [3.63, 3.8) is 0 Å². The molecule has 0 amide bonds. The Hall–Kier alpha value is -0.170. The maximum atomic E-state index is 12.5. The summed E-state index contributed by atoms with van der Waals surface area (Å²) in [5.74, 6) is 0.742. The molecule has 2 atom stereocenters. The minimum Gasteiger partial charge on any atom is -0.381 e. The summed E-state index contributed by atoms with van der Waals surface area (Å²) >= 11 is 0. The van der Waals surface area contributed by atoms with Crippen molar-refractivity contribution in [2.24, 2.45) is 5.92 Å². The van der Waals surface area contributed by atoms with Crippen LogP contribution in [0.2, 0.25) is 0 Å². The predicted molar refractivity (Wildman–Crippen MR) is 80.6 cm³/mol. The van der Waals surface area contributed by atoms with Crippen molar-refractivity contribution >= 4 is 10.0 Å².